The Bertz CT molecular complexity index is 1920. The molecule has 0 amide bonds. The molecule has 6 aromatic carbocycles. The number of hydrogen-bond acceptors (Lipinski definition) is 1. The molecule has 1 aliphatic carbocycles. The Morgan fingerprint density at radius 3 is 1.55 bits per heavy atom. The van der Waals surface area contributed by atoms with E-state index in [2.05, 4.69) is 146 Å². The summed E-state index contributed by atoms with van der Waals surface area (Å²) in [6.07, 6.45) is 0. The van der Waals surface area contributed by atoms with Crippen LogP contribution in [0.15, 0.2) is 150 Å². The first-order chi connectivity index (χ1) is 18.9. The number of furan rings is 1. The van der Waals surface area contributed by atoms with Crippen LogP contribution in [0.4, 0.5) is 0 Å². The monoisotopic (exact) mass is 484 g/mol. The van der Waals surface area contributed by atoms with Crippen LogP contribution in [0.25, 0.3) is 44.2 Å². The number of hydrogen-bond donors (Lipinski definition) is 0. The van der Waals surface area contributed by atoms with Crippen LogP contribution < -0.4 is 0 Å². The van der Waals surface area contributed by atoms with E-state index >= 15 is 0 Å². The highest BCUT2D eigenvalue weighted by atomic mass is 16.3. The molecule has 38 heavy (non-hydrogen) atoms. The van der Waals surface area contributed by atoms with Crippen molar-refractivity contribution in [1.82, 2.24) is 0 Å². The number of rotatable bonds is 3. The van der Waals surface area contributed by atoms with E-state index in [4.69, 9.17) is 4.42 Å². The zero-order chi connectivity index (χ0) is 25.1. The molecule has 0 saturated heterocycles. The molecule has 1 heterocycles. The van der Waals surface area contributed by atoms with Gasteiger partial charge < -0.3 is 4.42 Å². The van der Waals surface area contributed by atoms with Crippen molar-refractivity contribution in [2.75, 3.05) is 0 Å². The quantitative estimate of drug-likeness (QED) is 0.243. The Morgan fingerprint density at radius 2 is 0.868 bits per heavy atom. The van der Waals surface area contributed by atoms with Gasteiger partial charge in [-0.05, 0) is 33.4 Å². The third kappa shape index (κ3) is 2.76. The Hall–Kier alpha value is -4.88. The highest BCUT2D eigenvalue weighted by Gasteiger charge is 2.47. The average Bonchev–Trinajstić information content (AvgIpc) is 3.52. The summed E-state index contributed by atoms with van der Waals surface area (Å²) in [6, 6.07) is 52.3. The zero-order valence-electron chi connectivity index (χ0n) is 20.8. The second-order valence-electron chi connectivity index (χ2n) is 10.0. The lowest BCUT2D eigenvalue weighted by atomic mass is 9.67. The molecule has 1 aromatic heterocycles. The molecular formula is C37H24O. The maximum atomic E-state index is 6.96. The molecule has 0 unspecified atom stereocenters. The molecule has 1 aliphatic rings. The van der Waals surface area contributed by atoms with Gasteiger partial charge in [0.05, 0.1) is 5.41 Å². The molecular weight excluding hydrogens is 460 g/mol. The van der Waals surface area contributed by atoms with Gasteiger partial charge in [-0.2, -0.15) is 0 Å². The first-order valence-electron chi connectivity index (χ1n) is 13.1. The van der Waals surface area contributed by atoms with Crippen molar-refractivity contribution in [3.05, 3.63) is 168 Å². The minimum Gasteiger partial charge on any atom is -0.455 e. The largest absolute Gasteiger partial charge is 0.455 e. The highest BCUT2D eigenvalue weighted by molar-refractivity contribution is 6.11. The van der Waals surface area contributed by atoms with E-state index in [-0.39, 0.29) is 0 Å². The van der Waals surface area contributed by atoms with E-state index < -0.39 is 5.41 Å². The minimum absolute atomic E-state index is 0.491. The summed E-state index contributed by atoms with van der Waals surface area (Å²) in [7, 11) is 0. The summed E-state index contributed by atoms with van der Waals surface area (Å²) < 4.78 is 6.96. The molecule has 0 aliphatic heterocycles. The van der Waals surface area contributed by atoms with Crippen molar-refractivity contribution < 1.29 is 4.42 Å². The van der Waals surface area contributed by atoms with Gasteiger partial charge in [-0.25, -0.2) is 0 Å². The summed E-state index contributed by atoms with van der Waals surface area (Å²) >= 11 is 0. The van der Waals surface area contributed by atoms with Crippen molar-refractivity contribution in [3.63, 3.8) is 0 Å². The molecule has 0 fully saturated rings. The molecule has 0 saturated carbocycles. The van der Waals surface area contributed by atoms with Crippen molar-refractivity contribution in [2.45, 2.75) is 5.41 Å². The van der Waals surface area contributed by atoms with Gasteiger partial charge in [0, 0.05) is 21.9 Å². The maximum Gasteiger partial charge on any atom is 0.143 e. The molecule has 1 heteroatoms. The van der Waals surface area contributed by atoms with Crippen LogP contribution in [0.2, 0.25) is 0 Å². The van der Waals surface area contributed by atoms with Gasteiger partial charge in [-0.3, -0.25) is 0 Å². The summed E-state index contributed by atoms with van der Waals surface area (Å²) in [5, 5.41) is 2.29. The van der Waals surface area contributed by atoms with Gasteiger partial charge in [0.1, 0.15) is 11.2 Å². The van der Waals surface area contributed by atoms with Crippen LogP contribution in [0.5, 0.6) is 0 Å². The second kappa shape index (κ2) is 8.06. The SMILES string of the molecule is c1ccc(-c2cccc3c2oc2c(C4(c5ccccc5)c5ccccc5-c5ccccc54)cccc23)cc1. The molecule has 0 N–H and O–H groups in total. The van der Waals surface area contributed by atoms with E-state index in [0.717, 1.165) is 33.1 Å². The Kier molecular flexibility index (Phi) is 4.50. The second-order valence-corrected chi connectivity index (χ2v) is 10.0. The van der Waals surface area contributed by atoms with E-state index in [9.17, 15) is 0 Å². The fraction of sp³-hybridized carbons (Fsp3) is 0.0270. The van der Waals surface area contributed by atoms with Crippen molar-refractivity contribution >= 4 is 21.9 Å². The smallest absolute Gasteiger partial charge is 0.143 e. The molecule has 8 rings (SSSR count). The summed E-state index contributed by atoms with van der Waals surface area (Å²) in [6.45, 7) is 0. The predicted molar refractivity (Wildman–Crippen MR) is 156 cm³/mol. The summed E-state index contributed by atoms with van der Waals surface area (Å²) in [5.74, 6) is 0. The molecule has 7 aromatic rings. The summed E-state index contributed by atoms with van der Waals surface area (Å²) in [5.41, 5.74) is 11.2. The van der Waals surface area contributed by atoms with E-state index in [1.54, 1.807) is 0 Å². The van der Waals surface area contributed by atoms with Crippen molar-refractivity contribution in [3.8, 4) is 22.3 Å². The molecule has 0 spiro atoms. The molecule has 0 bridgehead atoms. The van der Waals surface area contributed by atoms with Gasteiger partial charge in [0.2, 0.25) is 0 Å². The average molecular weight is 485 g/mol. The fourth-order valence-corrected chi connectivity index (χ4v) is 6.64. The van der Waals surface area contributed by atoms with Crippen LogP contribution >= 0.6 is 0 Å². The Morgan fingerprint density at radius 1 is 0.368 bits per heavy atom. The number of benzene rings is 6. The Balaban J connectivity index is 1.54. The van der Waals surface area contributed by atoms with Crippen LogP contribution in [-0.4, -0.2) is 0 Å². The van der Waals surface area contributed by atoms with Crippen molar-refractivity contribution in [1.29, 1.82) is 0 Å². The van der Waals surface area contributed by atoms with Gasteiger partial charge >= 0.3 is 0 Å². The lowest BCUT2D eigenvalue weighted by Crippen LogP contribution is -2.28. The molecule has 0 atom stereocenters. The van der Waals surface area contributed by atoms with Crippen LogP contribution in [0.1, 0.15) is 22.3 Å². The lowest BCUT2D eigenvalue weighted by molar-refractivity contribution is 0.649. The highest BCUT2D eigenvalue weighted by Crippen LogP contribution is 2.57. The minimum atomic E-state index is -0.491. The maximum absolute atomic E-state index is 6.96. The van der Waals surface area contributed by atoms with Gasteiger partial charge in [-0.1, -0.05) is 146 Å². The van der Waals surface area contributed by atoms with Crippen LogP contribution in [0.3, 0.4) is 0 Å². The third-order valence-electron chi connectivity index (χ3n) is 8.17. The first-order valence-corrected chi connectivity index (χ1v) is 13.1. The Labute approximate surface area is 221 Å². The van der Waals surface area contributed by atoms with Gasteiger partial charge in [-0.15, -0.1) is 0 Å². The molecule has 178 valence electrons. The van der Waals surface area contributed by atoms with Crippen LogP contribution in [-0.2, 0) is 5.41 Å². The molecule has 0 radical (unpaired) electrons. The number of para-hydroxylation sites is 2. The third-order valence-corrected chi connectivity index (χ3v) is 8.17. The van der Waals surface area contributed by atoms with E-state index in [1.165, 1.54) is 33.4 Å². The van der Waals surface area contributed by atoms with E-state index in [0.29, 0.717) is 0 Å². The van der Waals surface area contributed by atoms with Gasteiger partial charge in [0.25, 0.3) is 0 Å². The predicted octanol–water partition coefficient (Wildman–Crippen LogP) is 9.62. The van der Waals surface area contributed by atoms with E-state index in [1.807, 2.05) is 0 Å². The normalized spacial score (nSPS) is 13.5. The standard InChI is InChI=1S/C37H24O/c1-3-13-25(14-4-1)27-19-11-20-30-31-21-12-24-34(36(31)38-35(27)30)37(26-15-5-2-6-16-26)32-22-9-7-17-28(32)29-18-8-10-23-33(29)37/h1-24H. The summed E-state index contributed by atoms with van der Waals surface area (Å²) in [4.78, 5) is 0. The lowest BCUT2D eigenvalue weighted by Gasteiger charge is -2.33. The van der Waals surface area contributed by atoms with Crippen molar-refractivity contribution in [2.24, 2.45) is 0 Å². The first kappa shape index (κ1) is 21.2. The van der Waals surface area contributed by atoms with Crippen LogP contribution in [0, 0.1) is 0 Å². The number of fused-ring (bicyclic) bond motifs is 6. The fourth-order valence-electron chi connectivity index (χ4n) is 6.64. The molecule has 1 nitrogen and oxygen atoms in total. The topological polar surface area (TPSA) is 13.1 Å². The van der Waals surface area contributed by atoms with Gasteiger partial charge in [0.15, 0.2) is 0 Å². The zero-order valence-corrected chi connectivity index (χ0v) is 20.8.